The topological polar surface area (TPSA) is 84.7 Å². The van der Waals surface area contributed by atoms with Gasteiger partial charge in [0.1, 0.15) is 12.3 Å². The third-order valence-electron chi connectivity index (χ3n) is 3.59. The van der Waals surface area contributed by atoms with E-state index in [1.165, 1.54) is 4.90 Å². The molecule has 0 atom stereocenters. The smallest absolute Gasteiger partial charge is 0.254 e. The normalized spacial score (nSPS) is 10.5. The number of aryl methyl sites for hydroxylation is 2. The quantitative estimate of drug-likeness (QED) is 0.743. The number of benzene rings is 1. The average Bonchev–Trinajstić information content (AvgIpc) is 2.99. The van der Waals surface area contributed by atoms with Crippen LogP contribution in [-0.4, -0.2) is 48.7 Å². The van der Waals surface area contributed by atoms with Crippen LogP contribution in [0.25, 0.3) is 0 Å². The molecule has 2 amide bonds. The van der Waals surface area contributed by atoms with Crippen LogP contribution in [0.2, 0.25) is 0 Å². The molecule has 0 aliphatic rings. The van der Waals surface area contributed by atoms with Crippen LogP contribution < -0.4 is 5.32 Å². The number of aromatic nitrogens is 1. The van der Waals surface area contributed by atoms with Crippen molar-refractivity contribution in [3.05, 3.63) is 47.2 Å². The van der Waals surface area contributed by atoms with Crippen molar-refractivity contribution in [3.63, 3.8) is 0 Å². The number of carbonyl (C=O) groups is 2. The fourth-order valence-electron chi connectivity index (χ4n) is 2.31. The molecule has 0 spiro atoms. The maximum absolute atomic E-state index is 12.7. The Bertz CT molecular complexity index is 709. The summed E-state index contributed by atoms with van der Waals surface area (Å²) >= 11 is 0. The van der Waals surface area contributed by atoms with Crippen LogP contribution in [0.15, 0.2) is 34.9 Å². The van der Waals surface area contributed by atoms with Crippen molar-refractivity contribution in [2.45, 2.75) is 20.3 Å². The Kier molecular flexibility index (Phi) is 6.71. The van der Waals surface area contributed by atoms with Crippen molar-refractivity contribution in [2.75, 3.05) is 32.1 Å². The van der Waals surface area contributed by atoms with Gasteiger partial charge in [0, 0.05) is 31.9 Å². The molecule has 0 bridgehead atoms. The molecule has 1 heterocycles. The zero-order chi connectivity index (χ0) is 18.2. The lowest BCUT2D eigenvalue weighted by Crippen LogP contribution is -2.39. The molecule has 0 saturated carbocycles. The van der Waals surface area contributed by atoms with Gasteiger partial charge in [0.05, 0.1) is 0 Å². The highest BCUT2D eigenvalue weighted by molar-refractivity contribution is 5.99. The van der Waals surface area contributed by atoms with Crippen LogP contribution in [0.5, 0.6) is 0 Å². The number of amides is 2. The minimum Gasteiger partial charge on any atom is -0.385 e. The highest BCUT2D eigenvalue weighted by atomic mass is 16.5. The summed E-state index contributed by atoms with van der Waals surface area (Å²) in [5.41, 5.74) is 1.62. The Balaban J connectivity index is 2.04. The van der Waals surface area contributed by atoms with Crippen LogP contribution in [0, 0.1) is 13.8 Å². The van der Waals surface area contributed by atoms with Gasteiger partial charge in [-0.1, -0.05) is 22.9 Å². The number of hydrogen-bond donors (Lipinski definition) is 1. The highest BCUT2D eigenvalue weighted by Gasteiger charge is 2.19. The highest BCUT2D eigenvalue weighted by Crippen LogP contribution is 2.10. The molecule has 25 heavy (non-hydrogen) atoms. The molecule has 2 aromatic rings. The van der Waals surface area contributed by atoms with Gasteiger partial charge in [0.25, 0.3) is 5.91 Å². The molecule has 0 fully saturated rings. The number of anilines is 1. The van der Waals surface area contributed by atoms with Crippen LogP contribution in [-0.2, 0) is 9.53 Å². The first-order valence-corrected chi connectivity index (χ1v) is 8.07. The molecule has 1 aromatic carbocycles. The second kappa shape index (κ2) is 8.98. The summed E-state index contributed by atoms with van der Waals surface area (Å²) in [5.74, 6) is 0.416. The van der Waals surface area contributed by atoms with Crippen molar-refractivity contribution in [1.82, 2.24) is 10.1 Å². The molecule has 7 nitrogen and oxygen atoms in total. The molecule has 1 N–H and O–H groups in total. The monoisotopic (exact) mass is 345 g/mol. The number of rotatable bonds is 8. The summed E-state index contributed by atoms with van der Waals surface area (Å²) in [6.45, 7) is 4.56. The van der Waals surface area contributed by atoms with Crippen molar-refractivity contribution in [3.8, 4) is 0 Å². The summed E-state index contributed by atoms with van der Waals surface area (Å²) < 4.78 is 9.95. The minimum atomic E-state index is -0.328. The fourth-order valence-corrected chi connectivity index (χ4v) is 2.31. The molecule has 7 heteroatoms. The lowest BCUT2D eigenvalue weighted by Gasteiger charge is -2.22. The first kappa shape index (κ1) is 18.7. The Hall–Kier alpha value is -2.67. The van der Waals surface area contributed by atoms with Gasteiger partial charge in [0.15, 0.2) is 5.82 Å². The molecule has 0 saturated heterocycles. The Morgan fingerprint density at radius 2 is 1.96 bits per heavy atom. The van der Waals surface area contributed by atoms with Crippen molar-refractivity contribution in [2.24, 2.45) is 0 Å². The maximum Gasteiger partial charge on any atom is 0.254 e. The summed E-state index contributed by atoms with van der Waals surface area (Å²) in [5, 5.41) is 6.35. The van der Waals surface area contributed by atoms with Crippen LogP contribution in [0.3, 0.4) is 0 Å². The molecule has 0 aliphatic heterocycles. The van der Waals surface area contributed by atoms with Gasteiger partial charge in [-0.25, -0.2) is 0 Å². The van der Waals surface area contributed by atoms with Crippen molar-refractivity contribution < 1.29 is 18.8 Å². The first-order chi connectivity index (χ1) is 12.0. The SMILES string of the molecule is COCCCN(CC(=O)Nc1cc(C)on1)C(=O)c1ccc(C)cc1. The Morgan fingerprint density at radius 1 is 1.24 bits per heavy atom. The number of nitrogens with zero attached hydrogens (tertiary/aromatic N) is 2. The van der Waals surface area contributed by atoms with E-state index in [9.17, 15) is 9.59 Å². The van der Waals surface area contributed by atoms with Gasteiger partial charge in [-0.15, -0.1) is 0 Å². The zero-order valence-corrected chi connectivity index (χ0v) is 14.7. The van der Waals surface area contributed by atoms with Crippen molar-refractivity contribution in [1.29, 1.82) is 0 Å². The molecule has 0 aliphatic carbocycles. The fraction of sp³-hybridized carbons (Fsp3) is 0.389. The van der Waals surface area contributed by atoms with Gasteiger partial charge < -0.3 is 19.5 Å². The Labute approximate surface area is 146 Å². The number of ether oxygens (including phenoxy) is 1. The van der Waals surface area contributed by atoms with E-state index in [1.54, 1.807) is 32.2 Å². The second-order valence-electron chi connectivity index (χ2n) is 5.81. The van der Waals surface area contributed by atoms with E-state index in [2.05, 4.69) is 10.5 Å². The zero-order valence-electron chi connectivity index (χ0n) is 14.7. The van der Waals surface area contributed by atoms with Gasteiger partial charge in [-0.05, 0) is 32.4 Å². The average molecular weight is 345 g/mol. The van der Waals surface area contributed by atoms with E-state index in [-0.39, 0.29) is 18.4 Å². The summed E-state index contributed by atoms with van der Waals surface area (Å²) in [7, 11) is 1.60. The lowest BCUT2D eigenvalue weighted by molar-refractivity contribution is -0.117. The standard InChI is InChI=1S/C18H23N3O4/c1-13-5-7-15(8-6-13)18(23)21(9-4-10-24-3)12-17(22)19-16-11-14(2)25-20-16/h5-8,11H,4,9-10,12H2,1-3H3,(H,19,20,22). The van der Waals surface area contributed by atoms with Crippen LogP contribution >= 0.6 is 0 Å². The van der Waals surface area contributed by atoms with E-state index in [0.29, 0.717) is 36.7 Å². The van der Waals surface area contributed by atoms with Crippen molar-refractivity contribution >= 4 is 17.6 Å². The van der Waals surface area contributed by atoms with E-state index < -0.39 is 0 Å². The van der Waals surface area contributed by atoms with E-state index in [0.717, 1.165) is 5.56 Å². The van der Waals surface area contributed by atoms with Gasteiger partial charge in [-0.2, -0.15) is 0 Å². The Morgan fingerprint density at radius 3 is 2.56 bits per heavy atom. The maximum atomic E-state index is 12.7. The van der Waals surface area contributed by atoms with Gasteiger partial charge in [-0.3, -0.25) is 9.59 Å². The minimum absolute atomic E-state index is 0.0671. The number of methoxy groups -OCH3 is 1. The third-order valence-corrected chi connectivity index (χ3v) is 3.59. The molecule has 134 valence electrons. The van der Waals surface area contributed by atoms with Crippen LogP contribution in [0.4, 0.5) is 5.82 Å². The second-order valence-corrected chi connectivity index (χ2v) is 5.81. The first-order valence-electron chi connectivity index (χ1n) is 8.07. The summed E-state index contributed by atoms with van der Waals surface area (Å²) in [4.78, 5) is 26.5. The lowest BCUT2D eigenvalue weighted by atomic mass is 10.1. The van der Waals surface area contributed by atoms with E-state index in [1.807, 2.05) is 19.1 Å². The largest absolute Gasteiger partial charge is 0.385 e. The predicted molar refractivity (Wildman–Crippen MR) is 93.4 cm³/mol. The van der Waals surface area contributed by atoms with Gasteiger partial charge in [0.2, 0.25) is 5.91 Å². The predicted octanol–water partition coefficient (Wildman–Crippen LogP) is 2.41. The van der Waals surface area contributed by atoms with E-state index in [4.69, 9.17) is 9.26 Å². The number of hydrogen-bond acceptors (Lipinski definition) is 5. The molecular formula is C18H23N3O4. The summed E-state index contributed by atoms with van der Waals surface area (Å²) in [6, 6.07) is 8.90. The summed E-state index contributed by atoms with van der Waals surface area (Å²) in [6.07, 6.45) is 0.643. The van der Waals surface area contributed by atoms with E-state index >= 15 is 0 Å². The molecule has 0 unspecified atom stereocenters. The number of carbonyl (C=O) groups excluding carboxylic acids is 2. The molecule has 1 aromatic heterocycles. The third kappa shape index (κ3) is 5.72. The number of nitrogens with one attached hydrogen (secondary N) is 1. The molecule has 2 rings (SSSR count). The van der Waals surface area contributed by atoms with Gasteiger partial charge >= 0.3 is 0 Å². The molecule has 0 radical (unpaired) electrons. The van der Waals surface area contributed by atoms with Crippen LogP contribution in [0.1, 0.15) is 28.1 Å². The molecular weight excluding hydrogens is 322 g/mol.